The van der Waals surface area contributed by atoms with Crippen LogP contribution < -0.4 is 10.6 Å². The zero-order valence-electron chi connectivity index (χ0n) is 19.6. The Labute approximate surface area is 200 Å². The van der Waals surface area contributed by atoms with Gasteiger partial charge < -0.3 is 10.6 Å². The number of amides is 2. The number of hydrogen-bond acceptors (Lipinski definition) is 5. The van der Waals surface area contributed by atoms with E-state index < -0.39 is 16.1 Å². The summed E-state index contributed by atoms with van der Waals surface area (Å²) in [7, 11) is -3.59. The third kappa shape index (κ3) is 6.22. The molecule has 1 aliphatic heterocycles. The van der Waals surface area contributed by atoms with Gasteiger partial charge in [0, 0.05) is 19.1 Å². The number of rotatable bonds is 8. The second-order valence-corrected chi connectivity index (χ2v) is 11.9. The molecular weight excluding hydrogens is 458 g/mol. The van der Waals surface area contributed by atoms with E-state index in [2.05, 4.69) is 10.6 Å². The smallest absolute Gasteiger partial charge is 0.262 e. The third-order valence-corrected chi connectivity index (χ3v) is 9.09. The largest absolute Gasteiger partial charge is 0.352 e. The lowest BCUT2D eigenvalue weighted by molar-refractivity contribution is -0.125. The SMILES string of the molecule is Cc1ccc(S(=O)(=O)N2CCC(C(NC(=O)c3cccs3)C(=O)NC(C)C(C)C)CC2)cc1. The molecule has 0 saturated carbocycles. The van der Waals surface area contributed by atoms with Crippen LogP contribution in [-0.2, 0) is 14.8 Å². The third-order valence-electron chi connectivity index (χ3n) is 6.31. The normalized spacial score (nSPS) is 17.5. The molecule has 0 spiro atoms. The molecule has 9 heteroatoms. The van der Waals surface area contributed by atoms with E-state index in [1.165, 1.54) is 15.6 Å². The molecule has 2 heterocycles. The zero-order chi connectivity index (χ0) is 24.2. The van der Waals surface area contributed by atoms with Gasteiger partial charge in [-0.05, 0) is 62.1 Å². The van der Waals surface area contributed by atoms with Crippen molar-refractivity contribution in [2.75, 3.05) is 13.1 Å². The molecule has 33 heavy (non-hydrogen) atoms. The molecule has 2 amide bonds. The van der Waals surface area contributed by atoms with Gasteiger partial charge >= 0.3 is 0 Å². The standard InChI is InChI=1S/C24H33N3O4S2/c1-16(2)18(4)25-24(29)22(26-23(28)21-6-5-15-32-21)19-11-13-27(14-12-19)33(30,31)20-9-7-17(3)8-10-20/h5-10,15-16,18-19,22H,11-14H2,1-4H3,(H,25,29)(H,26,28). The summed E-state index contributed by atoms with van der Waals surface area (Å²) in [5, 5.41) is 7.75. The Kier molecular flexibility index (Phi) is 8.31. The molecule has 2 unspecified atom stereocenters. The van der Waals surface area contributed by atoms with Crippen LogP contribution in [0.5, 0.6) is 0 Å². The van der Waals surface area contributed by atoms with Gasteiger partial charge in [-0.1, -0.05) is 37.6 Å². The van der Waals surface area contributed by atoms with Crippen LogP contribution in [-0.4, -0.2) is 49.7 Å². The highest BCUT2D eigenvalue weighted by Gasteiger charge is 2.37. The van der Waals surface area contributed by atoms with E-state index in [0.717, 1.165) is 5.56 Å². The summed E-state index contributed by atoms with van der Waals surface area (Å²) in [5.41, 5.74) is 0.999. The summed E-state index contributed by atoms with van der Waals surface area (Å²) in [6.45, 7) is 8.52. The topological polar surface area (TPSA) is 95.6 Å². The maximum atomic E-state index is 13.1. The lowest BCUT2D eigenvalue weighted by Crippen LogP contribution is -2.55. The van der Waals surface area contributed by atoms with Crippen molar-refractivity contribution in [3.63, 3.8) is 0 Å². The van der Waals surface area contributed by atoms with E-state index >= 15 is 0 Å². The minimum absolute atomic E-state index is 0.0411. The van der Waals surface area contributed by atoms with Crippen LogP contribution in [0.15, 0.2) is 46.7 Å². The Balaban J connectivity index is 1.72. The first-order valence-corrected chi connectivity index (χ1v) is 13.6. The summed E-state index contributed by atoms with van der Waals surface area (Å²) in [5.74, 6) is -0.403. The molecule has 0 bridgehead atoms. The Bertz CT molecular complexity index is 1040. The zero-order valence-corrected chi connectivity index (χ0v) is 21.2. The van der Waals surface area contributed by atoms with Crippen molar-refractivity contribution in [3.05, 3.63) is 52.2 Å². The van der Waals surface area contributed by atoms with Crippen LogP contribution >= 0.6 is 11.3 Å². The van der Waals surface area contributed by atoms with Gasteiger partial charge in [-0.15, -0.1) is 11.3 Å². The van der Waals surface area contributed by atoms with Crippen LogP contribution in [0.2, 0.25) is 0 Å². The van der Waals surface area contributed by atoms with E-state index in [0.29, 0.717) is 30.8 Å². The van der Waals surface area contributed by atoms with E-state index in [1.54, 1.807) is 36.4 Å². The lowest BCUT2D eigenvalue weighted by Gasteiger charge is -2.35. The van der Waals surface area contributed by atoms with Crippen molar-refractivity contribution in [1.82, 2.24) is 14.9 Å². The predicted molar refractivity (Wildman–Crippen MR) is 131 cm³/mol. The van der Waals surface area contributed by atoms with Crippen LogP contribution in [0.1, 0.15) is 48.8 Å². The van der Waals surface area contributed by atoms with Gasteiger partial charge in [0.2, 0.25) is 15.9 Å². The maximum absolute atomic E-state index is 13.1. The molecule has 2 N–H and O–H groups in total. The molecule has 1 saturated heterocycles. The summed E-state index contributed by atoms with van der Waals surface area (Å²) in [4.78, 5) is 26.7. The number of hydrogen-bond donors (Lipinski definition) is 2. The van der Waals surface area contributed by atoms with Crippen LogP contribution in [0.3, 0.4) is 0 Å². The first-order valence-electron chi connectivity index (χ1n) is 11.3. The Hall–Kier alpha value is -2.23. The number of carbonyl (C=O) groups is 2. The second kappa shape index (κ2) is 10.8. The summed E-state index contributed by atoms with van der Waals surface area (Å²) in [6, 6.07) is 9.59. The van der Waals surface area contributed by atoms with Crippen LogP contribution in [0.4, 0.5) is 0 Å². The van der Waals surface area contributed by atoms with E-state index in [1.807, 2.05) is 33.1 Å². The summed E-state index contributed by atoms with van der Waals surface area (Å²) in [6.07, 6.45) is 0.980. The minimum Gasteiger partial charge on any atom is -0.352 e. The van der Waals surface area contributed by atoms with Gasteiger partial charge in [0.1, 0.15) is 6.04 Å². The monoisotopic (exact) mass is 491 g/mol. The average molecular weight is 492 g/mol. The number of benzene rings is 1. The number of piperidine rings is 1. The van der Waals surface area contributed by atoms with Crippen molar-refractivity contribution in [2.24, 2.45) is 11.8 Å². The predicted octanol–water partition coefficient (Wildman–Crippen LogP) is 3.42. The van der Waals surface area contributed by atoms with Crippen LogP contribution in [0.25, 0.3) is 0 Å². The highest BCUT2D eigenvalue weighted by Crippen LogP contribution is 2.27. The molecular formula is C24H33N3O4S2. The molecule has 1 fully saturated rings. The van der Waals surface area contributed by atoms with E-state index in [9.17, 15) is 18.0 Å². The van der Waals surface area contributed by atoms with E-state index in [-0.39, 0.29) is 34.6 Å². The van der Waals surface area contributed by atoms with Gasteiger partial charge in [0.15, 0.2) is 0 Å². The Morgan fingerprint density at radius 3 is 2.21 bits per heavy atom. The fourth-order valence-electron chi connectivity index (χ4n) is 3.81. The highest BCUT2D eigenvalue weighted by molar-refractivity contribution is 7.89. The second-order valence-electron chi connectivity index (χ2n) is 9.02. The van der Waals surface area contributed by atoms with Gasteiger partial charge in [-0.2, -0.15) is 4.31 Å². The van der Waals surface area contributed by atoms with Gasteiger partial charge in [-0.3, -0.25) is 9.59 Å². The fraction of sp³-hybridized carbons (Fsp3) is 0.500. The molecule has 3 rings (SSSR count). The number of aryl methyl sites for hydroxylation is 1. The molecule has 0 radical (unpaired) electrons. The van der Waals surface area contributed by atoms with Gasteiger partial charge in [-0.25, -0.2) is 8.42 Å². The van der Waals surface area contributed by atoms with E-state index in [4.69, 9.17) is 0 Å². The van der Waals surface area contributed by atoms with Crippen molar-refractivity contribution in [3.8, 4) is 0 Å². The minimum atomic E-state index is -3.59. The number of nitrogens with zero attached hydrogens (tertiary/aromatic N) is 1. The molecule has 2 aromatic rings. The molecule has 0 aliphatic carbocycles. The van der Waals surface area contributed by atoms with Crippen molar-refractivity contribution in [2.45, 2.75) is 57.5 Å². The number of carbonyl (C=O) groups excluding carboxylic acids is 2. The average Bonchev–Trinajstić information content (AvgIpc) is 3.32. The molecule has 7 nitrogen and oxygen atoms in total. The van der Waals surface area contributed by atoms with Crippen LogP contribution in [0, 0.1) is 18.8 Å². The maximum Gasteiger partial charge on any atom is 0.262 e. The fourth-order valence-corrected chi connectivity index (χ4v) is 5.90. The lowest BCUT2D eigenvalue weighted by atomic mass is 9.89. The Morgan fingerprint density at radius 2 is 1.67 bits per heavy atom. The molecule has 2 atom stereocenters. The first kappa shape index (κ1) is 25.4. The van der Waals surface area contributed by atoms with Gasteiger partial charge in [0.05, 0.1) is 9.77 Å². The summed E-state index contributed by atoms with van der Waals surface area (Å²) < 4.78 is 27.6. The van der Waals surface area contributed by atoms with Crippen molar-refractivity contribution >= 4 is 33.2 Å². The summed E-state index contributed by atoms with van der Waals surface area (Å²) >= 11 is 1.32. The number of thiophene rings is 1. The molecule has 1 aliphatic rings. The van der Waals surface area contributed by atoms with Gasteiger partial charge in [0.25, 0.3) is 5.91 Å². The first-order chi connectivity index (χ1) is 15.6. The number of sulfonamides is 1. The quantitative estimate of drug-likeness (QED) is 0.592. The molecule has 180 valence electrons. The van der Waals surface area contributed by atoms with Crippen molar-refractivity contribution < 1.29 is 18.0 Å². The molecule has 1 aromatic heterocycles. The molecule has 1 aromatic carbocycles. The highest BCUT2D eigenvalue weighted by atomic mass is 32.2. The Morgan fingerprint density at radius 1 is 1.03 bits per heavy atom. The van der Waals surface area contributed by atoms with Crippen molar-refractivity contribution in [1.29, 1.82) is 0 Å². The number of nitrogens with one attached hydrogen (secondary N) is 2.